The molecule has 19 heavy (non-hydrogen) atoms. The summed E-state index contributed by atoms with van der Waals surface area (Å²) in [6.07, 6.45) is 6.38. The van der Waals surface area contributed by atoms with Gasteiger partial charge in [0.15, 0.2) is 0 Å². The molecule has 1 aromatic heterocycles. The highest BCUT2D eigenvalue weighted by atomic mass is 16.5. The Hall–Kier alpha value is -1.14. The van der Waals surface area contributed by atoms with Gasteiger partial charge >= 0.3 is 6.01 Å². The van der Waals surface area contributed by atoms with E-state index in [4.69, 9.17) is 9.15 Å². The first-order valence-electron chi connectivity index (χ1n) is 7.17. The molecule has 1 N–H and O–H groups in total. The van der Waals surface area contributed by atoms with Gasteiger partial charge in [-0.2, -0.15) is 0 Å². The van der Waals surface area contributed by atoms with Gasteiger partial charge in [-0.3, -0.25) is 0 Å². The zero-order valence-corrected chi connectivity index (χ0v) is 11.7. The maximum atomic E-state index is 5.70. The summed E-state index contributed by atoms with van der Waals surface area (Å²) in [6.45, 7) is 4.13. The van der Waals surface area contributed by atoms with Crippen molar-refractivity contribution in [1.82, 2.24) is 15.5 Å². The second-order valence-electron chi connectivity index (χ2n) is 4.90. The number of hydrogen-bond donors (Lipinski definition) is 1. The van der Waals surface area contributed by atoms with E-state index in [1.165, 1.54) is 32.1 Å². The average molecular weight is 268 g/mol. The number of aromatic nitrogens is 2. The van der Waals surface area contributed by atoms with Crippen LogP contribution in [0.3, 0.4) is 0 Å². The van der Waals surface area contributed by atoms with Crippen LogP contribution in [0.5, 0.6) is 0 Å². The van der Waals surface area contributed by atoms with Crippen LogP contribution in [0.4, 0.5) is 6.01 Å². The lowest BCUT2D eigenvalue weighted by molar-refractivity contribution is 0.198. The van der Waals surface area contributed by atoms with Crippen LogP contribution >= 0.6 is 0 Å². The molecule has 6 heteroatoms. The number of hydrogen-bond acceptors (Lipinski definition) is 6. The fourth-order valence-corrected chi connectivity index (χ4v) is 2.25. The summed E-state index contributed by atoms with van der Waals surface area (Å²) >= 11 is 0. The van der Waals surface area contributed by atoms with Crippen molar-refractivity contribution >= 4 is 6.01 Å². The molecule has 0 spiro atoms. The standard InChI is InChI=1S/C13H24N4O2/c1-18-10-7-14-11-12-15-16-13(19-12)17-8-5-3-2-4-6-9-17/h14H,2-11H2,1H3. The first-order chi connectivity index (χ1) is 9.40. The quantitative estimate of drug-likeness (QED) is 0.790. The molecule has 1 aromatic rings. The number of ether oxygens (including phenoxy) is 1. The Morgan fingerprint density at radius 1 is 1.16 bits per heavy atom. The summed E-state index contributed by atoms with van der Waals surface area (Å²) in [7, 11) is 1.69. The van der Waals surface area contributed by atoms with Gasteiger partial charge in [0, 0.05) is 26.7 Å². The minimum Gasteiger partial charge on any atom is -0.407 e. The zero-order chi connectivity index (χ0) is 13.3. The van der Waals surface area contributed by atoms with Crippen LogP contribution in [0, 0.1) is 0 Å². The molecule has 2 rings (SSSR count). The van der Waals surface area contributed by atoms with Gasteiger partial charge in [0.2, 0.25) is 5.89 Å². The fraction of sp³-hybridized carbons (Fsp3) is 0.846. The van der Waals surface area contributed by atoms with Crippen molar-refractivity contribution in [2.75, 3.05) is 38.3 Å². The Morgan fingerprint density at radius 3 is 2.63 bits per heavy atom. The van der Waals surface area contributed by atoms with Crippen LogP contribution in [0.1, 0.15) is 38.0 Å². The van der Waals surface area contributed by atoms with Crippen LogP contribution in [0.25, 0.3) is 0 Å². The monoisotopic (exact) mass is 268 g/mol. The third kappa shape index (κ3) is 4.80. The Balaban J connectivity index is 1.81. The summed E-state index contributed by atoms with van der Waals surface area (Å²) in [5, 5.41) is 11.4. The highest BCUT2D eigenvalue weighted by Crippen LogP contribution is 2.17. The molecule has 0 aliphatic carbocycles. The molecule has 0 saturated carbocycles. The summed E-state index contributed by atoms with van der Waals surface area (Å²) < 4.78 is 10.7. The molecule has 108 valence electrons. The van der Waals surface area contributed by atoms with E-state index < -0.39 is 0 Å². The van der Waals surface area contributed by atoms with E-state index in [1.54, 1.807) is 7.11 Å². The molecule has 0 radical (unpaired) electrons. The number of rotatable bonds is 6. The highest BCUT2D eigenvalue weighted by Gasteiger charge is 2.15. The van der Waals surface area contributed by atoms with Crippen molar-refractivity contribution in [3.8, 4) is 0 Å². The molecule has 0 bridgehead atoms. The number of anilines is 1. The van der Waals surface area contributed by atoms with Crippen molar-refractivity contribution in [1.29, 1.82) is 0 Å². The molecule has 0 aromatic carbocycles. The van der Waals surface area contributed by atoms with Gasteiger partial charge in [0.1, 0.15) is 0 Å². The van der Waals surface area contributed by atoms with Crippen LogP contribution < -0.4 is 10.2 Å². The second-order valence-corrected chi connectivity index (χ2v) is 4.90. The van der Waals surface area contributed by atoms with E-state index in [0.29, 0.717) is 25.1 Å². The molecule has 1 aliphatic heterocycles. The average Bonchev–Trinajstić information content (AvgIpc) is 2.83. The molecule has 0 amide bonds. The van der Waals surface area contributed by atoms with Crippen molar-refractivity contribution < 1.29 is 9.15 Å². The SMILES string of the molecule is COCCNCc1nnc(N2CCCCCCC2)o1. The van der Waals surface area contributed by atoms with Crippen molar-refractivity contribution in [3.63, 3.8) is 0 Å². The summed E-state index contributed by atoms with van der Waals surface area (Å²) in [5.41, 5.74) is 0. The minimum absolute atomic E-state index is 0.601. The first-order valence-corrected chi connectivity index (χ1v) is 7.17. The minimum atomic E-state index is 0.601. The molecule has 0 unspecified atom stereocenters. The number of methoxy groups -OCH3 is 1. The Morgan fingerprint density at radius 2 is 1.89 bits per heavy atom. The van der Waals surface area contributed by atoms with Crippen LogP contribution in [-0.2, 0) is 11.3 Å². The normalized spacial score (nSPS) is 17.2. The van der Waals surface area contributed by atoms with E-state index in [9.17, 15) is 0 Å². The fourth-order valence-electron chi connectivity index (χ4n) is 2.25. The third-order valence-electron chi connectivity index (χ3n) is 3.34. The second kappa shape index (κ2) is 8.12. The molecule has 1 saturated heterocycles. The van der Waals surface area contributed by atoms with Gasteiger partial charge in [-0.15, -0.1) is 5.10 Å². The molecule has 6 nitrogen and oxygen atoms in total. The molecule has 2 heterocycles. The van der Waals surface area contributed by atoms with E-state index in [-0.39, 0.29) is 0 Å². The lowest BCUT2D eigenvalue weighted by Crippen LogP contribution is -2.27. The topological polar surface area (TPSA) is 63.4 Å². The molecule has 0 atom stereocenters. The first kappa shape index (κ1) is 14.3. The number of nitrogens with zero attached hydrogens (tertiary/aromatic N) is 3. The Labute approximate surface area is 114 Å². The van der Waals surface area contributed by atoms with Gasteiger partial charge in [-0.25, -0.2) is 0 Å². The number of nitrogens with one attached hydrogen (secondary N) is 1. The van der Waals surface area contributed by atoms with Crippen molar-refractivity contribution in [2.24, 2.45) is 0 Å². The zero-order valence-electron chi connectivity index (χ0n) is 11.7. The van der Waals surface area contributed by atoms with E-state index in [1.807, 2.05) is 0 Å². The maximum absolute atomic E-state index is 5.70. The van der Waals surface area contributed by atoms with Gasteiger partial charge in [-0.05, 0) is 12.8 Å². The van der Waals surface area contributed by atoms with Gasteiger partial charge < -0.3 is 19.4 Å². The van der Waals surface area contributed by atoms with E-state index >= 15 is 0 Å². The lowest BCUT2D eigenvalue weighted by Gasteiger charge is -2.22. The van der Waals surface area contributed by atoms with Gasteiger partial charge in [0.05, 0.1) is 13.2 Å². The van der Waals surface area contributed by atoms with E-state index in [2.05, 4.69) is 20.4 Å². The van der Waals surface area contributed by atoms with Crippen molar-refractivity contribution in [2.45, 2.75) is 38.6 Å². The summed E-state index contributed by atoms with van der Waals surface area (Å²) in [5.74, 6) is 0.646. The summed E-state index contributed by atoms with van der Waals surface area (Å²) in [6, 6.07) is 0.672. The molecule has 1 aliphatic rings. The molecule has 1 fully saturated rings. The predicted octanol–water partition coefficient (Wildman–Crippen LogP) is 1.58. The largest absolute Gasteiger partial charge is 0.407 e. The maximum Gasteiger partial charge on any atom is 0.318 e. The predicted molar refractivity (Wildman–Crippen MR) is 73.2 cm³/mol. The Kier molecular flexibility index (Phi) is 6.10. The smallest absolute Gasteiger partial charge is 0.318 e. The summed E-state index contributed by atoms with van der Waals surface area (Å²) in [4.78, 5) is 2.21. The van der Waals surface area contributed by atoms with Gasteiger partial charge in [-0.1, -0.05) is 24.4 Å². The Bertz CT molecular complexity index is 348. The third-order valence-corrected chi connectivity index (χ3v) is 3.34. The van der Waals surface area contributed by atoms with Crippen LogP contribution in [0.2, 0.25) is 0 Å². The lowest BCUT2D eigenvalue weighted by atomic mass is 10.1. The van der Waals surface area contributed by atoms with E-state index in [0.717, 1.165) is 19.6 Å². The highest BCUT2D eigenvalue weighted by molar-refractivity contribution is 5.23. The van der Waals surface area contributed by atoms with Gasteiger partial charge in [0.25, 0.3) is 0 Å². The van der Waals surface area contributed by atoms with Crippen LogP contribution in [-0.4, -0.2) is 43.5 Å². The van der Waals surface area contributed by atoms with Crippen molar-refractivity contribution in [3.05, 3.63) is 5.89 Å². The molecular weight excluding hydrogens is 244 g/mol. The molecular formula is C13H24N4O2. The van der Waals surface area contributed by atoms with Crippen LogP contribution in [0.15, 0.2) is 4.42 Å².